The molecule has 1 aromatic carbocycles. The van der Waals surface area contributed by atoms with Gasteiger partial charge in [-0.05, 0) is 36.2 Å². The van der Waals surface area contributed by atoms with E-state index in [0.29, 0.717) is 11.3 Å². The van der Waals surface area contributed by atoms with Crippen LogP contribution in [-0.4, -0.2) is 32.8 Å². The predicted molar refractivity (Wildman–Crippen MR) is 80.7 cm³/mol. The van der Waals surface area contributed by atoms with Crippen LogP contribution in [0.1, 0.15) is 27.2 Å². The molecule has 9 heteroatoms. The SMILES string of the molecule is Cc1nscc1C(=O)N(CC(=O)O)Cc1ccc(C(F)(F)F)cc1. The van der Waals surface area contributed by atoms with Crippen LogP contribution in [0.15, 0.2) is 29.6 Å². The summed E-state index contributed by atoms with van der Waals surface area (Å²) >= 11 is 1.07. The Morgan fingerprint density at radius 1 is 1.25 bits per heavy atom. The van der Waals surface area contributed by atoms with Gasteiger partial charge in [0.25, 0.3) is 5.91 Å². The average molecular weight is 358 g/mol. The minimum Gasteiger partial charge on any atom is -0.480 e. The molecule has 0 bridgehead atoms. The van der Waals surface area contributed by atoms with Gasteiger partial charge < -0.3 is 10.0 Å². The van der Waals surface area contributed by atoms with E-state index in [4.69, 9.17) is 5.11 Å². The van der Waals surface area contributed by atoms with Crippen LogP contribution in [0.3, 0.4) is 0 Å². The second-order valence-corrected chi connectivity index (χ2v) is 5.69. The van der Waals surface area contributed by atoms with Gasteiger partial charge in [-0.3, -0.25) is 9.59 Å². The van der Waals surface area contributed by atoms with Gasteiger partial charge in [0.2, 0.25) is 0 Å². The van der Waals surface area contributed by atoms with Gasteiger partial charge in [-0.15, -0.1) is 0 Å². The highest BCUT2D eigenvalue weighted by Crippen LogP contribution is 2.29. The molecule has 0 fully saturated rings. The van der Waals surface area contributed by atoms with Crippen LogP contribution in [0.25, 0.3) is 0 Å². The van der Waals surface area contributed by atoms with Gasteiger partial charge in [0.15, 0.2) is 0 Å². The number of benzene rings is 1. The molecule has 0 radical (unpaired) electrons. The lowest BCUT2D eigenvalue weighted by Crippen LogP contribution is -2.35. The Hall–Kier alpha value is -2.42. The molecule has 0 atom stereocenters. The van der Waals surface area contributed by atoms with Gasteiger partial charge >= 0.3 is 12.1 Å². The molecular formula is C15H13F3N2O3S. The number of carbonyl (C=O) groups is 2. The Morgan fingerprint density at radius 3 is 2.33 bits per heavy atom. The van der Waals surface area contributed by atoms with Crippen LogP contribution in [-0.2, 0) is 17.5 Å². The number of hydrogen-bond donors (Lipinski definition) is 1. The summed E-state index contributed by atoms with van der Waals surface area (Å²) in [6, 6.07) is 4.25. The smallest absolute Gasteiger partial charge is 0.416 e. The van der Waals surface area contributed by atoms with E-state index in [2.05, 4.69) is 4.37 Å². The minimum atomic E-state index is -4.45. The third-order valence-electron chi connectivity index (χ3n) is 3.25. The maximum absolute atomic E-state index is 12.6. The van der Waals surface area contributed by atoms with Crippen molar-refractivity contribution in [2.75, 3.05) is 6.54 Å². The molecule has 1 amide bonds. The normalized spacial score (nSPS) is 11.3. The predicted octanol–water partition coefficient (Wildman–Crippen LogP) is 3.20. The Balaban J connectivity index is 2.21. The van der Waals surface area contributed by atoms with Crippen molar-refractivity contribution in [2.24, 2.45) is 0 Å². The van der Waals surface area contributed by atoms with Crippen molar-refractivity contribution in [2.45, 2.75) is 19.6 Å². The van der Waals surface area contributed by atoms with Gasteiger partial charge in [0, 0.05) is 11.9 Å². The zero-order chi connectivity index (χ0) is 17.9. The molecule has 0 saturated carbocycles. The van der Waals surface area contributed by atoms with E-state index in [1.165, 1.54) is 17.5 Å². The molecule has 128 valence electrons. The standard InChI is InChI=1S/C15H13F3N2O3S/c1-9-12(8-24-19-9)14(23)20(7-13(21)22)6-10-2-4-11(5-3-10)15(16,17)18/h2-5,8H,6-7H2,1H3,(H,21,22). The van der Waals surface area contributed by atoms with Crippen molar-refractivity contribution in [1.82, 2.24) is 9.27 Å². The number of aromatic nitrogens is 1. The van der Waals surface area contributed by atoms with Crippen molar-refractivity contribution < 1.29 is 27.9 Å². The van der Waals surface area contributed by atoms with Gasteiger partial charge in [0.05, 0.1) is 16.8 Å². The highest BCUT2D eigenvalue weighted by Gasteiger charge is 2.30. The summed E-state index contributed by atoms with van der Waals surface area (Å²) in [4.78, 5) is 24.5. The van der Waals surface area contributed by atoms with Crippen LogP contribution in [0.2, 0.25) is 0 Å². The van der Waals surface area contributed by atoms with E-state index in [1.54, 1.807) is 6.92 Å². The lowest BCUT2D eigenvalue weighted by molar-refractivity contribution is -0.138. The first-order valence-corrected chi connectivity index (χ1v) is 7.60. The summed E-state index contributed by atoms with van der Waals surface area (Å²) < 4.78 is 41.7. The second kappa shape index (κ2) is 7.00. The van der Waals surface area contributed by atoms with Crippen molar-refractivity contribution in [3.8, 4) is 0 Å². The summed E-state index contributed by atoms with van der Waals surface area (Å²) in [5.74, 6) is -1.74. The fourth-order valence-corrected chi connectivity index (χ4v) is 2.74. The van der Waals surface area contributed by atoms with Gasteiger partial charge in [-0.1, -0.05) is 12.1 Å². The average Bonchev–Trinajstić information content (AvgIpc) is 2.91. The maximum atomic E-state index is 12.6. The third kappa shape index (κ3) is 4.31. The van der Waals surface area contributed by atoms with Crippen LogP contribution < -0.4 is 0 Å². The highest BCUT2D eigenvalue weighted by molar-refractivity contribution is 7.03. The van der Waals surface area contributed by atoms with E-state index >= 15 is 0 Å². The molecule has 1 aromatic heterocycles. The Morgan fingerprint density at radius 2 is 1.88 bits per heavy atom. The van der Waals surface area contributed by atoms with E-state index in [-0.39, 0.29) is 12.1 Å². The quantitative estimate of drug-likeness (QED) is 0.891. The number of hydrogen-bond acceptors (Lipinski definition) is 4. The first-order valence-electron chi connectivity index (χ1n) is 6.76. The highest BCUT2D eigenvalue weighted by atomic mass is 32.1. The largest absolute Gasteiger partial charge is 0.480 e. The van der Waals surface area contributed by atoms with E-state index < -0.39 is 30.2 Å². The number of halogens is 3. The van der Waals surface area contributed by atoms with Crippen LogP contribution in [0.4, 0.5) is 13.2 Å². The number of rotatable bonds is 5. The number of aryl methyl sites for hydroxylation is 1. The number of carboxylic acid groups (broad SMARTS) is 1. The number of aliphatic carboxylic acids is 1. The molecule has 0 aliphatic carbocycles. The zero-order valence-electron chi connectivity index (χ0n) is 12.5. The first-order chi connectivity index (χ1) is 11.2. The summed E-state index contributed by atoms with van der Waals surface area (Å²) in [7, 11) is 0. The molecule has 1 N–H and O–H groups in total. The van der Waals surface area contributed by atoms with Crippen LogP contribution in [0.5, 0.6) is 0 Å². The van der Waals surface area contributed by atoms with Gasteiger partial charge in [-0.2, -0.15) is 17.5 Å². The minimum absolute atomic E-state index is 0.113. The molecule has 0 unspecified atom stereocenters. The van der Waals surface area contributed by atoms with Gasteiger partial charge in [0.1, 0.15) is 6.54 Å². The summed E-state index contributed by atoms with van der Waals surface area (Å²) in [6.45, 7) is 0.953. The van der Waals surface area contributed by atoms with Crippen molar-refractivity contribution in [1.29, 1.82) is 0 Å². The molecule has 0 aliphatic heterocycles. The maximum Gasteiger partial charge on any atom is 0.416 e. The van der Waals surface area contributed by atoms with Crippen LogP contribution in [0, 0.1) is 6.92 Å². The van der Waals surface area contributed by atoms with Crippen molar-refractivity contribution in [3.63, 3.8) is 0 Å². The molecule has 0 spiro atoms. The zero-order valence-corrected chi connectivity index (χ0v) is 13.3. The summed E-state index contributed by atoms with van der Waals surface area (Å²) in [5, 5.41) is 10.5. The van der Waals surface area contributed by atoms with Gasteiger partial charge in [-0.25, -0.2) is 0 Å². The topological polar surface area (TPSA) is 70.5 Å². The number of carboxylic acids is 1. The van der Waals surface area contributed by atoms with Crippen molar-refractivity contribution in [3.05, 3.63) is 52.0 Å². The fourth-order valence-electron chi connectivity index (χ4n) is 2.05. The van der Waals surface area contributed by atoms with E-state index in [1.807, 2.05) is 0 Å². The monoisotopic (exact) mass is 358 g/mol. The molecule has 0 aliphatic rings. The second-order valence-electron chi connectivity index (χ2n) is 5.06. The third-order valence-corrected chi connectivity index (χ3v) is 3.97. The number of carbonyl (C=O) groups excluding carboxylic acids is 1. The van der Waals surface area contributed by atoms with E-state index in [0.717, 1.165) is 28.6 Å². The van der Waals surface area contributed by atoms with E-state index in [9.17, 15) is 22.8 Å². The molecule has 2 rings (SSSR count). The molecule has 2 aromatic rings. The molecule has 0 saturated heterocycles. The lowest BCUT2D eigenvalue weighted by Gasteiger charge is -2.21. The Bertz CT molecular complexity index is 741. The fraction of sp³-hybridized carbons (Fsp3) is 0.267. The van der Waals surface area contributed by atoms with Crippen LogP contribution >= 0.6 is 11.5 Å². The summed E-state index contributed by atoms with van der Waals surface area (Å²) in [6.07, 6.45) is -4.45. The number of amides is 1. The lowest BCUT2D eigenvalue weighted by atomic mass is 10.1. The molecular weight excluding hydrogens is 345 g/mol. The molecule has 5 nitrogen and oxygen atoms in total. The molecule has 24 heavy (non-hydrogen) atoms. The first kappa shape index (κ1) is 17.9. The molecule has 1 heterocycles. The summed E-state index contributed by atoms with van der Waals surface area (Å²) in [5.41, 5.74) is 0.361. The number of nitrogens with zero attached hydrogens (tertiary/aromatic N) is 2. The number of alkyl halides is 3. The van der Waals surface area contributed by atoms with Crippen molar-refractivity contribution >= 4 is 23.4 Å². The Kier molecular flexibility index (Phi) is 5.23. The Labute approximate surface area is 139 Å².